The molecule has 0 saturated carbocycles. The van der Waals surface area contributed by atoms with E-state index in [1.54, 1.807) is 38.9 Å². The molecule has 0 radical (unpaired) electrons. The lowest BCUT2D eigenvalue weighted by Crippen LogP contribution is -2.44. The van der Waals surface area contributed by atoms with Crippen molar-refractivity contribution in [1.82, 2.24) is 24.6 Å². The molecule has 0 bridgehead atoms. The van der Waals surface area contributed by atoms with Crippen molar-refractivity contribution in [3.8, 4) is 0 Å². The molecule has 0 saturated heterocycles. The number of carbonyl (C=O) groups is 2. The summed E-state index contributed by atoms with van der Waals surface area (Å²) in [5.41, 5.74) is 2.66. The summed E-state index contributed by atoms with van der Waals surface area (Å²) in [5.74, 6) is 0.923. The van der Waals surface area contributed by atoms with Crippen molar-refractivity contribution in [3.05, 3.63) is 68.6 Å². The molecule has 172 valence electrons. The molecule has 1 aromatic carbocycles. The van der Waals surface area contributed by atoms with Crippen LogP contribution in [0, 0.1) is 6.92 Å². The van der Waals surface area contributed by atoms with Crippen LogP contribution in [0.15, 0.2) is 28.8 Å². The SMILES string of the molecule is Cc1cnc(C(C)N2CCn3nc4c(c3C2=O)CN(C(=O)c2ccc(Cl)c(Cl)c2)[C@H](C)C4)o1. The molecular weight excluding hydrogens is 465 g/mol. The van der Waals surface area contributed by atoms with Crippen molar-refractivity contribution >= 4 is 35.0 Å². The maximum absolute atomic E-state index is 13.5. The highest BCUT2D eigenvalue weighted by Gasteiger charge is 2.39. The zero-order valence-corrected chi connectivity index (χ0v) is 20.0. The normalized spacial score (nSPS) is 18.8. The number of halogens is 2. The van der Waals surface area contributed by atoms with Crippen molar-refractivity contribution in [3.63, 3.8) is 0 Å². The first-order valence-corrected chi connectivity index (χ1v) is 11.6. The molecule has 0 fully saturated rings. The van der Waals surface area contributed by atoms with E-state index >= 15 is 0 Å². The quantitative estimate of drug-likeness (QED) is 0.549. The van der Waals surface area contributed by atoms with Crippen LogP contribution in [0.5, 0.6) is 0 Å². The minimum Gasteiger partial charge on any atom is -0.444 e. The summed E-state index contributed by atoms with van der Waals surface area (Å²) in [4.78, 5) is 34.6. The van der Waals surface area contributed by atoms with Gasteiger partial charge in [0.25, 0.3) is 11.8 Å². The van der Waals surface area contributed by atoms with E-state index in [1.807, 2.05) is 20.8 Å². The Morgan fingerprint density at radius 3 is 2.73 bits per heavy atom. The van der Waals surface area contributed by atoms with Crippen LogP contribution in [0.4, 0.5) is 0 Å². The molecule has 0 spiro atoms. The zero-order valence-electron chi connectivity index (χ0n) is 18.5. The fourth-order valence-electron chi connectivity index (χ4n) is 4.57. The van der Waals surface area contributed by atoms with Crippen LogP contribution >= 0.6 is 23.2 Å². The molecule has 2 aromatic heterocycles. The van der Waals surface area contributed by atoms with Crippen LogP contribution in [0.25, 0.3) is 0 Å². The van der Waals surface area contributed by atoms with E-state index in [4.69, 9.17) is 32.7 Å². The summed E-state index contributed by atoms with van der Waals surface area (Å²) in [6.07, 6.45) is 2.23. The number of aryl methyl sites for hydroxylation is 1. The molecule has 2 aliphatic rings. The second-order valence-electron chi connectivity index (χ2n) is 8.60. The Balaban J connectivity index is 1.45. The average molecular weight is 488 g/mol. The Morgan fingerprint density at radius 1 is 1.24 bits per heavy atom. The van der Waals surface area contributed by atoms with Gasteiger partial charge in [0.15, 0.2) is 0 Å². The van der Waals surface area contributed by atoms with E-state index in [9.17, 15) is 9.59 Å². The lowest BCUT2D eigenvalue weighted by molar-refractivity contribution is 0.0582. The zero-order chi connectivity index (χ0) is 23.4. The first kappa shape index (κ1) is 22.0. The average Bonchev–Trinajstić information content (AvgIpc) is 3.37. The lowest BCUT2D eigenvalue weighted by atomic mass is 9.97. The van der Waals surface area contributed by atoms with Gasteiger partial charge in [0, 0.05) is 30.1 Å². The number of amides is 2. The van der Waals surface area contributed by atoms with Gasteiger partial charge in [-0.1, -0.05) is 23.2 Å². The van der Waals surface area contributed by atoms with Gasteiger partial charge in [-0.25, -0.2) is 4.98 Å². The number of oxazole rings is 1. The number of carbonyl (C=O) groups excluding carboxylic acids is 2. The standard InChI is InChI=1S/C23H23Cl2N5O3/c1-12-8-19-16(11-29(12)22(31)15-4-5-17(24)18(25)9-15)20-23(32)28(6-7-30(20)27-19)14(3)21-26-10-13(2)33-21/h4-5,9-10,12,14H,6-8,11H2,1-3H3/t12-,14?/m1/s1. The maximum Gasteiger partial charge on any atom is 0.273 e. The van der Waals surface area contributed by atoms with Gasteiger partial charge < -0.3 is 14.2 Å². The van der Waals surface area contributed by atoms with Gasteiger partial charge >= 0.3 is 0 Å². The number of hydrogen-bond acceptors (Lipinski definition) is 5. The monoisotopic (exact) mass is 487 g/mol. The third-order valence-corrected chi connectivity index (χ3v) is 7.13. The second-order valence-corrected chi connectivity index (χ2v) is 9.41. The van der Waals surface area contributed by atoms with Gasteiger partial charge in [0.1, 0.15) is 17.5 Å². The summed E-state index contributed by atoms with van der Waals surface area (Å²) < 4.78 is 7.43. The van der Waals surface area contributed by atoms with E-state index in [-0.39, 0.29) is 23.9 Å². The van der Waals surface area contributed by atoms with Crippen LogP contribution in [0.2, 0.25) is 10.0 Å². The van der Waals surface area contributed by atoms with E-state index < -0.39 is 0 Å². The lowest BCUT2D eigenvalue weighted by Gasteiger charge is -2.35. The van der Waals surface area contributed by atoms with Crippen LogP contribution < -0.4 is 0 Å². The van der Waals surface area contributed by atoms with Gasteiger partial charge in [0.05, 0.1) is 35.0 Å². The minimum absolute atomic E-state index is 0.0724. The van der Waals surface area contributed by atoms with Crippen molar-refractivity contribution in [2.24, 2.45) is 0 Å². The van der Waals surface area contributed by atoms with Crippen molar-refractivity contribution < 1.29 is 14.0 Å². The van der Waals surface area contributed by atoms with E-state index in [1.165, 1.54) is 0 Å². The molecule has 0 aliphatic carbocycles. The van der Waals surface area contributed by atoms with E-state index in [0.717, 1.165) is 11.3 Å². The van der Waals surface area contributed by atoms with Gasteiger partial charge in [-0.05, 0) is 39.0 Å². The van der Waals surface area contributed by atoms with Crippen LogP contribution in [0.3, 0.4) is 0 Å². The van der Waals surface area contributed by atoms with E-state index in [2.05, 4.69) is 4.98 Å². The Hall–Kier alpha value is -2.84. The molecule has 8 nitrogen and oxygen atoms in total. The van der Waals surface area contributed by atoms with E-state index in [0.29, 0.717) is 59.0 Å². The Morgan fingerprint density at radius 2 is 2.03 bits per heavy atom. The minimum atomic E-state index is -0.304. The van der Waals surface area contributed by atoms with Crippen molar-refractivity contribution in [2.75, 3.05) is 6.54 Å². The summed E-state index contributed by atoms with van der Waals surface area (Å²) in [5, 5.41) is 5.44. The number of hydrogen-bond donors (Lipinski definition) is 0. The predicted octanol–water partition coefficient (Wildman–Crippen LogP) is 4.29. The number of fused-ring (bicyclic) bond motifs is 3. The highest BCUT2D eigenvalue weighted by atomic mass is 35.5. The molecular formula is C23H23Cl2N5O3. The maximum atomic E-state index is 13.5. The first-order chi connectivity index (χ1) is 15.7. The highest BCUT2D eigenvalue weighted by Crippen LogP contribution is 2.33. The third-order valence-electron chi connectivity index (χ3n) is 6.39. The molecule has 2 aliphatic heterocycles. The molecule has 3 aromatic rings. The Labute approximate surface area is 201 Å². The Bertz CT molecular complexity index is 1270. The number of rotatable bonds is 3. The molecule has 0 N–H and O–H groups in total. The smallest absolute Gasteiger partial charge is 0.273 e. The fourth-order valence-corrected chi connectivity index (χ4v) is 4.87. The largest absolute Gasteiger partial charge is 0.444 e. The molecule has 5 rings (SSSR count). The van der Waals surface area contributed by atoms with Crippen LogP contribution in [0.1, 0.15) is 63.6 Å². The highest BCUT2D eigenvalue weighted by molar-refractivity contribution is 6.42. The fraction of sp³-hybridized carbons (Fsp3) is 0.391. The third kappa shape index (κ3) is 3.71. The number of aromatic nitrogens is 3. The topological polar surface area (TPSA) is 84.5 Å². The van der Waals surface area contributed by atoms with Gasteiger partial charge in [-0.3, -0.25) is 14.3 Å². The molecule has 4 heterocycles. The number of nitrogens with zero attached hydrogens (tertiary/aromatic N) is 5. The Kier molecular flexibility index (Phi) is 5.45. The van der Waals surface area contributed by atoms with Crippen LogP contribution in [-0.4, -0.2) is 49.0 Å². The molecule has 1 unspecified atom stereocenters. The summed E-state index contributed by atoms with van der Waals surface area (Å²) in [6, 6.07) is 4.49. The molecule has 2 atom stereocenters. The molecule has 33 heavy (non-hydrogen) atoms. The van der Waals surface area contributed by atoms with Crippen LogP contribution in [-0.2, 0) is 19.5 Å². The second kappa shape index (κ2) is 8.18. The first-order valence-electron chi connectivity index (χ1n) is 10.8. The summed E-state index contributed by atoms with van der Waals surface area (Å²) in [6.45, 7) is 7.11. The van der Waals surface area contributed by atoms with Gasteiger partial charge in [-0.2, -0.15) is 5.10 Å². The van der Waals surface area contributed by atoms with Crippen molar-refractivity contribution in [2.45, 2.75) is 52.4 Å². The number of benzene rings is 1. The van der Waals surface area contributed by atoms with Gasteiger partial charge in [-0.15, -0.1) is 0 Å². The van der Waals surface area contributed by atoms with Gasteiger partial charge in [0.2, 0.25) is 5.89 Å². The van der Waals surface area contributed by atoms with Crippen molar-refractivity contribution in [1.29, 1.82) is 0 Å². The summed E-state index contributed by atoms with van der Waals surface area (Å²) in [7, 11) is 0. The summed E-state index contributed by atoms with van der Waals surface area (Å²) >= 11 is 12.1. The predicted molar refractivity (Wildman–Crippen MR) is 122 cm³/mol. The molecule has 2 amide bonds. The molecule has 10 heteroatoms.